The molecule has 2 saturated heterocycles. The monoisotopic (exact) mass is 627 g/mol. The molecular weight excluding hydrogens is 582 g/mol. The van der Waals surface area contributed by atoms with Gasteiger partial charge in [-0.2, -0.15) is 0 Å². The van der Waals surface area contributed by atoms with Crippen molar-refractivity contribution in [1.29, 1.82) is 0 Å². The Morgan fingerprint density at radius 2 is 1.09 bits per heavy atom. The summed E-state index contributed by atoms with van der Waals surface area (Å²) in [6.07, 6.45) is 2.40. The number of nitrogens with one attached hydrogen (secondary N) is 2. The topological polar surface area (TPSA) is 395 Å². The zero-order chi connectivity index (χ0) is 34.3. The van der Waals surface area contributed by atoms with E-state index in [0.29, 0.717) is 0 Å². The van der Waals surface area contributed by atoms with Crippen molar-refractivity contribution in [2.75, 3.05) is 13.1 Å². The number of hydrogen-bond donors (Lipinski definition) is 13. The van der Waals surface area contributed by atoms with Crippen LogP contribution >= 0.6 is 0 Å². The molecule has 0 aromatic heterocycles. The highest BCUT2D eigenvalue weighted by Crippen LogP contribution is 2.04. The van der Waals surface area contributed by atoms with Gasteiger partial charge in [0.25, 0.3) is 0 Å². The van der Waals surface area contributed by atoms with Crippen molar-refractivity contribution in [3.05, 3.63) is 0 Å². The number of primary amides is 2. The Labute approximate surface area is 246 Å². The fraction of sp³-hybridized carbons (Fsp3) is 0.696. The van der Waals surface area contributed by atoms with Crippen LogP contribution in [0.3, 0.4) is 0 Å². The molecule has 0 spiro atoms. The van der Waals surface area contributed by atoms with E-state index in [1.807, 2.05) is 0 Å². The van der Waals surface area contributed by atoms with E-state index in [2.05, 4.69) is 16.4 Å². The number of carbonyl (C=O) groups excluding carboxylic acids is 2. The molecule has 2 rings (SSSR count). The molecule has 6 atom stereocenters. The smallest absolute Gasteiger partial charge is 0.323 e. The highest BCUT2D eigenvalue weighted by Gasteiger charge is 2.21. The Morgan fingerprint density at radius 3 is 1.23 bits per heavy atom. The number of nitrogens with two attached hydrogens (primary N) is 5. The Bertz CT molecular complexity index is 850. The molecule has 0 bridgehead atoms. The van der Waals surface area contributed by atoms with Crippen molar-refractivity contribution in [2.45, 2.75) is 88.2 Å². The molecule has 43 heavy (non-hydrogen) atoms. The van der Waals surface area contributed by atoms with Gasteiger partial charge in [-0.25, -0.2) is 0 Å². The average Bonchev–Trinajstić information content (AvgIpc) is 3.63. The van der Waals surface area contributed by atoms with Crippen LogP contribution in [-0.2, 0) is 33.6 Å². The van der Waals surface area contributed by atoms with Crippen LogP contribution in [0.15, 0.2) is 0 Å². The molecule has 0 saturated carbocycles. The van der Waals surface area contributed by atoms with E-state index < -0.39 is 65.9 Å². The van der Waals surface area contributed by atoms with Crippen LogP contribution in [0.25, 0.3) is 0 Å². The van der Waals surface area contributed by atoms with Crippen LogP contribution in [0.1, 0.15) is 51.9 Å². The van der Waals surface area contributed by atoms with Crippen molar-refractivity contribution in [1.82, 2.24) is 10.6 Å². The number of aliphatic carboxylic acids is 5. The minimum atomic E-state index is -1.21. The Kier molecular flexibility index (Phi) is 24.9. The van der Waals surface area contributed by atoms with E-state index >= 15 is 0 Å². The number of aliphatic hydroxyl groups is 1. The highest BCUT2D eigenvalue weighted by molar-refractivity contribution is 5.83. The third kappa shape index (κ3) is 26.7. The molecule has 0 aromatic rings. The lowest BCUT2D eigenvalue weighted by atomic mass is 10.2. The number of rotatable bonds is 11. The molecular formula is C23H45N7O13. The van der Waals surface area contributed by atoms with Crippen molar-refractivity contribution in [3.8, 4) is 0 Å². The lowest BCUT2D eigenvalue weighted by Crippen LogP contribution is -2.39. The van der Waals surface area contributed by atoms with E-state index in [-0.39, 0.29) is 31.3 Å². The summed E-state index contributed by atoms with van der Waals surface area (Å²) in [6.45, 7) is 3.05. The van der Waals surface area contributed by atoms with Gasteiger partial charge in [-0.1, -0.05) is 0 Å². The summed E-state index contributed by atoms with van der Waals surface area (Å²) in [5.41, 5.74) is 24.3. The molecule has 0 aliphatic carbocycles. The standard InChI is InChI=1S/C5H10N2O3.2C5H9NO2.C4H8N2O3.C4H9NO3/c6-3(5(9)10)1-2-4(7)8;2*7-5(8)4-2-1-3-6-4;5-2(4(8)9)1-3(6)7;1-2(6)3(5)4(7)8/h3H,1-2,6H2,(H2,7,8)(H,9,10);2*4,6H,1-3H2,(H,7,8);2H,1,5H2,(H2,6,7)(H,8,9);2-3,6H,5H2,1H3,(H,7,8)/t;2*4-;;/m.00../s1. The second-order valence-electron chi connectivity index (χ2n) is 9.14. The maximum Gasteiger partial charge on any atom is 0.323 e. The summed E-state index contributed by atoms with van der Waals surface area (Å²) in [4.78, 5) is 70.2. The fourth-order valence-electron chi connectivity index (χ4n) is 2.72. The van der Waals surface area contributed by atoms with Crippen LogP contribution in [0.2, 0.25) is 0 Å². The maximum atomic E-state index is 10.1. The van der Waals surface area contributed by atoms with E-state index in [1.54, 1.807) is 0 Å². The second-order valence-corrected chi connectivity index (χ2v) is 9.14. The first-order chi connectivity index (χ1) is 19.7. The van der Waals surface area contributed by atoms with Gasteiger partial charge in [0.2, 0.25) is 11.8 Å². The summed E-state index contributed by atoms with van der Waals surface area (Å²) < 4.78 is 0. The third-order valence-electron chi connectivity index (χ3n) is 5.28. The zero-order valence-corrected chi connectivity index (χ0v) is 23.8. The largest absolute Gasteiger partial charge is 0.480 e. The average molecular weight is 628 g/mol. The molecule has 20 nitrogen and oxygen atoms in total. The van der Waals surface area contributed by atoms with E-state index in [4.69, 9.17) is 53.6 Å². The Hall–Kier alpha value is -3.95. The molecule has 0 aromatic carbocycles. The minimum Gasteiger partial charge on any atom is -0.480 e. The molecule has 2 amide bonds. The molecule has 2 heterocycles. The molecule has 18 N–H and O–H groups in total. The maximum absolute atomic E-state index is 10.1. The van der Waals surface area contributed by atoms with E-state index in [1.165, 1.54) is 6.92 Å². The first-order valence-corrected chi connectivity index (χ1v) is 12.9. The van der Waals surface area contributed by atoms with Gasteiger partial charge in [0.1, 0.15) is 30.2 Å². The summed E-state index contributed by atoms with van der Waals surface area (Å²) in [5.74, 6) is -6.18. The molecule has 0 radical (unpaired) electrons. The van der Waals surface area contributed by atoms with Crippen LogP contribution < -0.4 is 39.3 Å². The normalized spacial score (nSPS) is 19.3. The second kappa shape index (κ2) is 24.6. The van der Waals surface area contributed by atoms with Gasteiger partial charge >= 0.3 is 29.8 Å². The lowest BCUT2D eigenvalue weighted by molar-refractivity contribution is -0.141. The quantitative estimate of drug-likeness (QED) is 0.102. The first kappa shape index (κ1) is 43.5. The molecule has 250 valence electrons. The predicted octanol–water partition coefficient (Wildman–Crippen LogP) is -4.64. The predicted molar refractivity (Wildman–Crippen MR) is 148 cm³/mol. The molecule has 2 aliphatic rings. The summed E-state index contributed by atoms with van der Waals surface area (Å²) in [5, 5.41) is 55.3. The fourth-order valence-corrected chi connectivity index (χ4v) is 2.72. The van der Waals surface area contributed by atoms with E-state index in [9.17, 15) is 33.6 Å². The van der Waals surface area contributed by atoms with Gasteiger partial charge in [0, 0.05) is 6.42 Å². The van der Waals surface area contributed by atoms with Crippen LogP contribution in [0.5, 0.6) is 0 Å². The van der Waals surface area contributed by atoms with Crippen LogP contribution in [0, 0.1) is 0 Å². The molecule has 2 aliphatic heterocycles. The number of aliphatic hydroxyl groups excluding tert-OH is 1. The molecule has 2 fully saturated rings. The van der Waals surface area contributed by atoms with Gasteiger partial charge in [-0.3, -0.25) is 33.6 Å². The zero-order valence-electron chi connectivity index (χ0n) is 23.8. The summed E-state index contributed by atoms with van der Waals surface area (Å²) in [6, 6.07) is -3.84. The third-order valence-corrected chi connectivity index (χ3v) is 5.28. The number of carbonyl (C=O) groups is 7. The van der Waals surface area contributed by atoms with Crippen LogP contribution in [-0.4, -0.2) is 122 Å². The number of hydrogen-bond acceptors (Lipinski definition) is 13. The Morgan fingerprint density at radius 1 is 0.698 bits per heavy atom. The number of amides is 2. The van der Waals surface area contributed by atoms with Gasteiger partial charge in [-0.05, 0) is 52.1 Å². The van der Waals surface area contributed by atoms with Crippen molar-refractivity contribution < 1.29 is 64.2 Å². The van der Waals surface area contributed by atoms with Gasteiger partial charge in [0.05, 0.1) is 12.5 Å². The van der Waals surface area contributed by atoms with Crippen molar-refractivity contribution >= 4 is 41.7 Å². The number of carboxylic acids is 5. The first-order valence-electron chi connectivity index (χ1n) is 12.9. The van der Waals surface area contributed by atoms with Crippen LogP contribution in [0.4, 0.5) is 0 Å². The van der Waals surface area contributed by atoms with Crippen molar-refractivity contribution in [2.24, 2.45) is 28.7 Å². The summed E-state index contributed by atoms with van der Waals surface area (Å²) in [7, 11) is 0. The Balaban J connectivity index is -0.000000466. The summed E-state index contributed by atoms with van der Waals surface area (Å²) >= 11 is 0. The SMILES string of the molecule is CC(O)C(N)C(=O)O.NC(=O)CC(N)C(=O)O.NC(=O)CCC(N)C(=O)O.O=C(O)[C@@H]1CCCN1.O=C(O)[C@@H]1CCCN1. The van der Waals surface area contributed by atoms with Gasteiger partial charge < -0.3 is 69.9 Å². The van der Waals surface area contributed by atoms with Gasteiger partial charge in [-0.15, -0.1) is 0 Å². The highest BCUT2D eigenvalue weighted by atomic mass is 16.4. The van der Waals surface area contributed by atoms with E-state index in [0.717, 1.165) is 38.8 Å². The minimum absolute atomic E-state index is 0.0213. The lowest BCUT2D eigenvalue weighted by Gasteiger charge is -2.06. The molecule has 20 heteroatoms. The van der Waals surface area contributed by atoms with Crippen molar-refractivity contribution in [3.63, 3.8) is 0 Å². The number of carboxylic acid groups (broad SMARTS) is 5. The molecule has 4 unspecified atom stereocenters. The van der Waals surface area contributed by atoms with Gasteiger partial charge in [0.15, 0.2) is 0 Å².